The largest absolute Gasteiger partial charge is 0.379 e. The van der Waals surface area contributed by atoms with Gasteiger partial charge in [0.15, 0.2) is 0 Å². The van der Waals surface area contributed by atoms with Gasteiger partial charge < -0.3 is 15.4 Å². The van der Waals surface area contributed by atoms with E-state index in [1.807, 2.05) is 31.4 Å². The van der Waals surface area contributed by atoms with Crippen molar-refractivity contribution >= 4 is 35.1 Å². The van der Waals surface area contributed by atoms with Crippen LogP contribution in [0.2, 0.25) is 5.02 Å². The first-order chi connectivity index (χ1) is 9.52. The zero-order valence-electron chi connectivity index (χ0n) is 11.7. The van der Waals surface area contributed by atoms with Crippen LogP contribution in [-0.2, 0) is 10.5 Å². The van der Waals surface area contributed by atoms with Gasteiger partial charge in [-0.3, -0.25) is 0 Å². The second-order valence-electron chi connectivity index (χ2n) is 5.19. The molecule has 1 aromatic rings. The fourth-order valence-electron chi connectivity index (χ4n) is 2.12. The van der Waals surface area contributed by atoms with E-state index in [-0.39, 0.29) is 11.6 Å². The van der Waals surface area contributed by atoms with Crippen molar-refractivity contribution in [1.82, 2.24) is 5.32 Å². The van der Waals surface area contributed by atoms with Gasteiger partial charge in [0, 0.05) is 12.4 Å². The van der Waals surface area contributed by atoms with Gasteiger partial charge in [0.05, 0.1) is 22.9 Å². The summed E-state index contributed by atoms with van der Waals surface area (Å²) in [6, 6.07) is 5.43. The minimum atomic E-state index is -0.298. The number of urea groups is 1. The quantitative estimate of drug-likeness (QED) is 0.894. The van der Waals surface area contributed by atoms with Crippen molar-refractivity contribution in [3.8, 4) is 0 Å². The molecule has 2 rings (SSSR count). The van der Waals surface area contributed by atoms with E-state index in [0.29, 0.717) is 23.9 Å². The number of nitrogens with one attached hydrogen (secondary N) is 2. The first-order valence-electron chi connectivity index (χ1n) is 6.47. The Kier molecular flexibility index (Phi) is 5.18. The summed E-state index contributed by atoms with van der Waals surface area (Å²) in [5.74, 6) is 0.888. The molecule has 1 aliphatic rings. The van der Waals surface area contributed by atoms with E-state index in [1.54, 1.807) is 11.8 Å². The fraction of sp³-hybridized carbons (Fsp3) is 0.500. The molecule has 1 aromatic carbocycles. The van der Waals surface area contributed by atoms with Gasteiger partial charge in [-0.05, 0) is 37.3 Å². The van der Waals surface area contributed by atoms with Gasteiger partial charge in [-0.15, -0.1) is 0 Å². The van der Waals surface area contributed by atoms with Crippen molar-refractivity contribution in [2.24, 2.45) is 0 Å². The third-order valence-electron chi connectivity index (χ3n) is 3.22. The molecule has 0 aromatic heterocycles. The number of hydrogen-bond donors (Lipinski definition) is 2. The molecule has 1 atom stereocenters. The molecule has 1 fully saturated rings. The van der Waals surface area contributed by atoms with Gasteiger partial charge in [0.25, 0.3) is 0 Å². The van der Waals surface area contributed by atoms with Crippen LogP contribution >= 0.6 is 23.4 Å². The number of amides is 2. The van der Waals surface area contributed by atoms with Crippen LogP contribution < -0.4 is 10.6 Å². The Bertz CT molecular complexity index is 490. The lowest BCUT2D eigenvalue weighted by Crippen LogP contribution is -2.48. The van der Waals surface area contributed by atoms with Crippen LogP contribution in [0.1, 0.15) is 18.9 Å². The highest BCUT2D eigenvalue weighted by Crippen LogP contribution is 2.25. The number of ether oxygens (including phenoxy) is 1. The van der Waals surface area contributed by atoms with Crippen LogP contribution in [0.25, 0.3) is 0 Å². The first kappa shape index (κ1) is 15.5. The lowest BCUT2D eigenvalue weighted by atomic mass is 10.0. The molecule has 2 amide bonds. The van der Waals surface area contributed by atoms with Crippen LogP contribution in [-0.4, -0.2) is 31.0 Å². The Morgan fingerprint density at radius 2 is 2.35 bits per heavy atom. The molecule has 1 saturated heterocycles. The standard InChI is InChI=1S/C14H19ClN2O2S/c1-14(5-6-19-9-14)17-13(18)16-12-7-10(8-20-2)3-4-11(12)15/h3-4,7H,5-6,8-9H2,1-2H3,(H2,16,17,18). The maximum Gasteiger partial charge on any atom is 0.319 e. The second kappa shape index (κ2) is 6.70. The summed E-state index contributed by atoms with van der Waals surface area (Å²) in [6.45, 7) is 3.20. The zero-order valence-corrected chi connectivity index (χ0v) is 13.2. The maximum absolute atomic E-state index is 12.1. The van der Waals surface area contributed by atoms with Crippen molar-refractivity contribution < 1.29 is 9.53 Å². The molecule has 6 heteroatoms. The molecule has 0 spiro atoms. The molecule has 4 nitrogen and oxygen atoms in total. The van der Waals surface area contributed by atoms with Gasteiger partial charge >= 0.3 is 6.03 Å². The fourth-order valence-corrected chi connectivity index (χ4v) is 2.80. The van der Waals surface area contributed by atoms with Crippen molar-refractivity contribution in [3.63, 3.8) is 0 Å². The Morgan fingerprint density at radius 3 is 3.00 bits per heavy atom. The number of carbonyl (C=O) groups is 1. The van der Waals surface area contributed by atoms with Gasteiger partial charge in [-0.2, -0.15) is 11.8 Å². The van der Waals surface area contributed by atoms with Crippen LogP contribution in [0.15, 0.2) is 18.2 Å². The second-order valence-corrected chi connectivity index (χ2v) is 6.46. The number of halogens is 1. The minimum absolute atomic E-state index is 0.249. The summed E-state index contributed by atoms with van der Waals surface area (Å²) in [4.78, 5) is 12.1. The monoisotopic (exact) mass is 314 g/mol. The lowest BCUT2D eigenvalue weighted by Gasteiger charge is -2.23. The van der Waals surface area contributed by atoms with Crippen molar-refractivity contribution in [2.75, 3.05) is 24.8 Å². The molecule has 110 valence electrons. The molecule has 1 heterocycles. The number of carbonyl (C=O) groups excluding carboxylic acids is 1. The Labute approximate surface area is 128 Å². The first-order valence-corrected chi connectivity index (χ1v) is 8.24. The van der Waals surface area contributed by atoms with E-state index < -0.39 is 0 Å². The van der Waals surface area contributed by atoms with Crippen molar-refractivity contribution in [1.29, 1.82) is 0 Å². The summed E-state index contributed by atoms with van der Waals surface area (Å²) in [6.07, 6.45) is 2.86. The lowest BCUT2D eigenvalue weighted by molar-refractivity contribution is 0.172. The third-order valence-corrected chi connectivity index (χ3v) is 4.18. The molecule has 20 heavy (non-hydrogen) atoms. The molecule has 0 saturated carbocycles. The molecule has 0 bridgehead atoms. The summed E-state index contributed by atoms with van der Waals surface area (Å²) in [5.41, 5.74) is 1.47. The Hall–Kier alpha value is -0.910. The summed E-state index contributed by atoms with van der Waals surface area (Å²) in [5, 5.41) is 6.30. The summed E-state index contributed by atoms with van der Waals surface area (Å²) in [7, 11) is 0. The van der Waals surface area contributed by atoms with E-state index in [0.717, 1.165) is 17.7 Å². The van der Waals surface area contributed by atoms with E-state index in [2.05, 4.69) is 10.6 Å². The highest BCUT2D eigenvalue weighted by atomic mass is 35.5. The average Bonchev–Trinajstić information content (AvgIpc) is 2.80. The highest BCUT2D eigenvalue weighted by Gasteiger charge is 2.31. The number of thioether (sulfide) groups is 1. The van der Waals surface area contributed by atoms with E-state index in [1.165, 1.54) is 0 Å². The smallest absolute Gasteiger partial charge is 0.319 e. The molecular weight excluding hydrogens is 296 g/mol. The highest BCUT2D eigenvalue weighted by molar-refractivity contribution is 7.97. The predicted octanol–water partition coefficient (Wildman–Crippen LogP) is 3.50. The van der Waals surface area contributed by atoms with Crippen LogP contribution in [0.5, 0.6) is 0 Å². The molecule has 2 N–H and O–H groups in total. The van der Waals surface area contributed by atoms with Crippen molar-refractivity contribution in [3.05, 3.63) is 28.8 Å². The minimum Gasteiger partial charge on any atom is -0.379 e. The number of rotatable bonds is 4. The van der Waals surface area contributed by atoms with E-state index in [4.69, 9.17) is 16.3 Å². The van der Waals surface area contributed by atoms with Gasteiger partial charge in [0.1, 0.15) is 0 Å². The zero-order chi connectivity index (χ0) is 14.6. The topological polar surface area (TPSA) is 50.4 Å². The van der Waals surface area contributed by atoms with Crippen LogP contribution in [0.4, 0.5) is 10.5 Å². The Balaban J connectivity index is 2.01. The molecule has 1 aliphatic heterocycles. The van der Waals surface area contributed by atoms with Gasteiger partial charge in [0.2, 0.25) is 0 Å². The van der Waals surface area contributed by atoms with E-state index >= 15 is 0 Å². The number of anilines is 1. The molecular formula is C14H19ClN2O2S. The van der Waals surface area contributed by atoms with Gasteiger partial charge in [-0.1, -0.05) is 17.7 Å². The number of benzene rings is 1. The van der Waals surface area contributed by atoms with Crippen LogP contribution in [0.3, 0.4) is 0 Å². The normalized spacial score (nSPS) is 21.8. The van der Waals surface area contributed by atoms with Crippen LogP contribution in [0, 0.1) is 0 Å². The maximum atomic E-state index is 12.1. The summed E-state index contributed by atoms with van der Waals surface area (Å²) >= 11 is 7.84. The molecule has 1 unspecified atom stereocenters. The number of hydrogen-bond acceptors (Lipinski definition) is 3. The average molecular weight is 315 g/mol. The third kappa shape index (κ3) is 4.04. The van der Waals surface area contributed by atoms with Gasteiger partial charge in [-0.25, -0.2) is 4.79 Å². The molecule has 0 radical (unpaired) electrons. The SMILES string of the molecule is CSCc1ccc(Cl)c(NC(=O)NC2(C)CCOC2)c1. The molecule has 0 aliphatic carbocycles. The predicted molar refractivity (Wildman–Crippen MR) is 84.7 cm³/mol. The van der Waals surface area contributed by atoms with Crippen molar-refractivity contribution in [2.45, 2.75) is 24.6 Å². The van der Waals surface area contributed by atoms with E-state index in [9.17, 15) is 4.79 Å². The Morgan fingerprint density at radius 1 is 1.55 bits per heavy atom. The summed E-state index contributed by atoms with van der Waals surface area (Å²) < 4.78 is 5.31.